The summed E-state index contributed by atoms with van der Waals surface area (Å²) in [5.74, 6) is 1.74. The summed E-state index contributed by atoms with van der Waals surface area (Å²) in [5.41, 5.74) is 3.98. The van der Waals surface area contributed by atoms with Gasteiger partial charge >= 0.3 is 0 Å². The standard InChI is InChI=1S/C26H25N3O4S/c1-18-8-11-21(12-9-18)25-28-29-26(33-25)34-17-24(30)27-15-20-10-13-22(23(14-20)31-2)32-16-19-6-4-3-5-7-19/h3-14H,15-17H2,1-2H3,(H,27,30). The number of amides is 1. The minimum absolute atomic E-state index is 0.136. The SMILES string of the molecule is COc1cc(CNC(=O)CSc2nnc(-c3ccc(C)cc3)o2)ccc1OCc1ccccc1. The van der Waals surface area contributed by atoms with E-state index in [0.29, 0.717) is 35.8 Å². The van der Waals surface area contributed by atoms with Gasteiger partial charge in [-0.25, -0.2) is 0 Å². The molecule has 174 valence electrons. The molecule has 4 aromatic rings. The van der Waals surface area contributed by atoms with Crippen LogP contribution < -0.4 is 14.8 Å². The number of nitrogens with one attached hydrogen (secondary N) is 1. The molecule has 3 aromatic carbocycles. The second-order valence-corrected chi connectivity index (χ2v) is 8.49. The van der Waals surface area contributed by atoms with Crippen LogP contribution in [0.5, 0.6) is 11.5 Å². The normalized spacial score (nSPS) is 10.6. The molecule has 7 nitrogen and oxygen atoms in total. The topological polar surface area (TPSA) is 86.5 Å². The first-order valence-corrected chi connectivity index (χ1v) is 11.7. The van der Waals surface area contributed by atoms with Crippen molar-refractivity contribution in [3.8, 4) is 23.0 Å². The van der Waals surface area contributed by atoms with Gasteiger partial charge in [0.15, 0.2) is 11.5 Å². The van der Waals surface area contributed by atoms with Gasteiger partial charge in [0.05, 0.1) is 12.9 Å². The zero-order valence-electron chi connectivity index (χ0n) is 19.0. The number of hydrogen-bond acceptors (Lipinski definition) is 7. The number of rotatable bonds is 10. The molecule has 1 heterocycles. The van der Waals surface area contributed by atoms with E-state index in [1.165, 1.54) is 11.8 Å². The van der Waals surface area contributed by atoms with E-state index >= 15 is 0 Å². The Hall–Kier alpha value is -3.78. The van der Waals surface area contributed by atoms with Crippen molar-refractivity contribution in [2.24, 2.45) is 0 Å². The minimum Gasteiger partial charge on any atom is -0.493 e. The molecule has 0 fully saturated rings. The average Bonchev–Trinajstić information content (AvgIpc) is 3.35. The largest absolute Gasteiger partial charge is 0.493 e. The molecule has 0 saturated heterocycles. The number of carbonyl (C=O) groups is 1. The van der Waals surface area contributed by atoms with Gasteiger partial charge in [0, 0.05) is 12.1 Å². The Labute approximate surface area is 202 Å². The number of ether oxygens (including phenoxy) is 2. The fourth-order valence-electron chi connectivity index (χ4n) is 3.14. The van der Waals surface area contributed by atoms with Crippen molar-refractivity contribution in [3.63, 3.8) is 0 Å². The first-order valence-electron chi connectivity index (χ1n) is 10.7. The Bertz CT molecular complexity index is 1230. The Morgan fingerprint density at radius 2 is 1.76 bits per heavy atom. The Morgan fingerprint density at radius 1 is 0.971 bits per heavy atom. The van der Waals surface area contributed by atoms with Crippen LogP contribution in [-0.2, 0) is 17.9 Å². The quantitative estimate of drug-likeness (QED) is 0.322. The van der Waals surface area contributed by atoms with E-state index in [9.17, 15) is 4.79 Å². The van der Waals surface area contributed by atoms with Gasteiger partial charge in [0.1, 0.15) is 6.61 Å². The molecule has 0 atom stereocenters. The highest BCUT2D eigenvalue weighted by atomic mass is 32.2. The molecular weight excluding hydrogens is 450 g/mol. The monoisotopic (exact) mass is 475 g/mol. The van der Waals surface area contributed by atoms with Crippen LogP contribution in [0.2, 0.25) is 0 Å². The van der Waals surface area contributed by atoms with E-state index < -0.39 is 0 Å². The van der Waals surface area contributed by atoms with Crippen LogP contribution in [0, 0.1) is 6.92 Å². The van der Waals surface area contributed by atoms with Crippen molar-refractivity contribution in [1.29, 1.82) is 0 Å². The van der Waals surface area contributed by atoms with Gasteiger partial charge in [0.2, 0.25) is 11.8 Å². The fraction of sp³-hybridized carbons (Fsp3) is 0.192. The Kier molecular flexibility index (Phi) is 7.83. The number of aryl methyl sites for hydroxylation is 1. The summed E-state index contributed by atoms with van der Waals surface area (Å²) in [7, 11) is 1.60. The van der Waals surface area contributed by atoms with Crippen LogP contribution >= 0.6 is 11.8 Å². The highest BCUT2D eigenvalue weighted by molar-refractivity contribution is 7.99. The summed E-state index contributed by atoms with van der Waals surface area (Å²) < 4.78 is 17.0. The molecule has 4 rings (SSSR count). The maximum atomic E-state index is 12.3. The molecule has 0 aliphatic carbocycles. The van der Waals surface area contributed by atoms with Crippen molar-refractivity contribution in [1.82, 2.24) is 15.5 Å². The third-order valence-corrected chi connectivity index (χ3v) is 5.81. The molecule has 0 bridgehead atoms. The molecule has 1 amide bonds. The summed E-state index contributed by atoms with van der Waals surface area (Å²) >= 11 is 1.20. The molecule has 0 saturated carbocycles. The van der Waals surface area contributed by atoms with E-state index in [-0.39, 0.29) is 11.7 Å². The minimum atomic E-state index is -0.136. The van der Waals surface area contributed by atoms with Crippen molar-refractivity contribution in [3.05, 3.63) is 89.5 Å². The summed E-state index contributed by atoms with van der Waals surface area (Å²) in [6, 6.07) is 23.4. The molecule has 1 N–H and O–H groups in total. The third-order valence-electron chi connectivity index (χ3n) is 4.99. The lowest BCUT2D eigenvalue weighted by atomic mass is 10.1. The Morgan fingerprint density at radius 3 is 2.53 bits per heavy atom. The van der Waals surface area contributed by atoms with E-state index in [1.54, 1.807) is 7.11 Å². The molecule has 0 aliphatic rings. The van der Waals surface area contributed by atoms with Gasteiger partial charge in [-0.15, -0.1) is 10.2 Å². The van der Waals surface area contributed by atoms with Gasteiger partial charge in [-0.05, 0) is 42.3 Å². The van der Waals surface area contributed by atoms with Gasteiger partial charge in [-0.1, -0.05) is 65.9 Å². The molecule has 1 aromatic heterocycles. The highest BCUT2D eigenvalue weighted by Gasteiger charge is 2.12. The fourth-order valence-corrected chi connectivity index (χ4v) is 3.73. The number of thioether (sulfide) groups is 1. The molecule has 8 heteroatoms. The van der Waals surface area contributed by atoms with Crippen LogP contribution in [-0.4, -0.2) is 29.0 Å². The molecule has 0 unspecified atom stereocenters. The highest BCUT2D eigenvalue weighted by Crippen LogP contribution is 2.29. The number of methoxy groups -OCH3 is 1. The molecule has 34 heavy (non-hydrogen) atoms. The lowest BCUT2D eigenvalue weighted by Gasteiger charge is -2.13. The summed E-state index contributed by atoms with van der Waals surface area (Å²) in [5, 5.41) is 11.3. The van der Waals surface area contributed by atoms with E-state index in [0.717, 1.165) is 22.3 Å². The van der Waals surface area contributed by atoms with Crippen molar-refractivity contribution in [2.75, 3.05) is 12.9 Å². The summed E-state index contributed by atoms with van der Waals surface area (Å²) in [4.78, 5) is 12.3. The number of nitrogens with zero attached hydrogens (tertiary/aromatic N) is 2. The lowest BCUT2D eigenvalue weighted by molar-refractivity contribution is -0.118. The summed E-state index contributed by atoms with van der Waals surface area (Å²) in [6.07, 6.45) is 0. The average molecular weight is 476 g/mol. The smallest absolute Gasteiger partial charge is 0.277 e. The van der Waals surface area contributed by atoms with Crippen LogP contribution in [0.1, 0.15) is 16.7 Å². The molecule has 0 spiro atoms. The number of aromatic nitrogens is 2. The number of hydrogen-bond donors (Lipinski definition) is 1. The van der Waals surface area contributed by atoms with Crippen molar-refractivity contribution >= 4 is 17.7 Å². The molecular formula is C26H25N3O4S. The third kappa shape index (κ3) is 6.39. The lowest BCUT2D eigenvalue weighted by Crippen LogP contribution is -2.24. The zero-order chi connectivity index (χ0) is 23.8. The second kappa shape index (κ2) is 11.4. The van der Waals surface area contributed by atoms with Crippen molar-refractivity contribution in [2.45, 2.75) is 25.3 Å². The van der Waals surface area contributed by atoms with E-state index in [1.807, 2.05) is 79.7 Å². The van der Waals surface area contributed by atoms with Crippen LogP contribution in [0.25, 0.3) is 11.5 Å². The van der Waals surface area contributed by atoms with Gasteiger partial charge in [0.25, 0.3) is 5.22 Å². The number of carbonyl (C=O) groups excluding carboxylic acids is 1. The van der Waals surface area contributed by atoms with E-state index in [2.05, 4.69) is 15.5 Å². The van der Waals surface area contributed by atoms with Crippen LogP contribution in [0.3, 0.4) is 0 Å². The molecule has 0 aliphatic heterocycles. The van der Waals surface area contributed by atoms with Crippen LogP contribution in [0.15, 0.2) is 82.4 Å². The second-order valence-electron chi connectivity index (χ2n) is 7.56. The number of benzene rings is 3. The van der Waals surface area contributed by atoms with Gasteiger partial charge in [-0.2, -0.15) is 0 Å². The predicted molar refractivity (Wildman–Crippen MR) is 131 cm³/mol. The van der Waals surface area contributed by atoms with Crippen molar-refractivity contribution < 1.29 is 18.7 Å². The maximum absolute atomic E-state index is 12.3. The summed E-state index contributed by atoms with van der Waals surface area (Å²) in [6.45, 7) is 2.83. The van der Waals surface area contributed by atoms with Gasteiger partial charge in [-0.3, -0.25) is 4.79 Å². The first-order chi connectivity index (χ1) is 16.6. The first kappa shape index (κ1) is 23.4. The van der Waals surface area contributed by atoms with E-state index in [4.69, 9.17) is 13.9 Å². The van der Waals surface area contributed by atoms with Crippen LogP contribution in [0.4, 0.5) is 0 Å². The zero-order valence-corrected chi connectivity index (χ0v) is 19.8. The molecule has 0 radical (unpaired) electrons. The van der Waals surface area contributed by atoms with Gasteiger partial charge < -0.3 is 19.2 Å². The Balaban J connectivity index is 1.26. The predicted octanol–water partition coefficient (Wildman–Crippen LogP) is 5.04. The maximum Gasteiger partial charge on any atom is 0.277 e.